The van der Waals surface area contributed by atoms with Gasteiger partial charge in [0.25, 0.3) is 5.24 Å². The Morgan fingerprint density at radius 1 is 1.32 bits per heavy atom. The molecule has 11 heteroatoms. The van der Waals surface area contributed by atoms with E-state index in [2.05, 4.69) is 10.4 Å². The van der Waals surface area contributed by atoms with Crippen LogP contribution in [-0.2, 0) is 11.2 Å². The zero-order valence-electron chi connectivity index (χ0n) is 10.5. The van der Waals surface area contributed by atoms with Gasteiger partial charge in [-0.25, -0.2) is 0 Å². The molecule has 0 amide bonds. The molecule has 1 aliphatic rings. The maximum absolute atomic E-state index is 12.9. The Kier molecular flexibility index (Phi) is 6.61. The van der Waals surface area contributed by atoms with Crippen LogP contribution in [0.25, 0.3) is 0 Å². The lowest BCUT2D eigenvalue weighted by atomic mass is 10.0. The van der Waals surface area contributed by atoms with Gasteiger partial charge < -0.3 is 5.32 Å². The van der Waals surface area contributed by atoms with Gasteiger partial charge in [-0.05, 0) is 30.0 Å². The number of dihydropyridines is 1. The number of nitrogens with zero attached hydrogens (tertiary/aromatic N) is 1. The fourth-order valence-electron chi connectivity index (χ4n) is 1.66. The number of carbonyl (C=O) groups excluding carboxylic acids is 1. The van der Waals surface area contributed by atoms with Gasteiger partial charge in [-0.3, -0.25) is 9.89 Å². The molecule has 2 rings (SSSR count). The molecule has 0 aromatic carbocycles. The number of alkyl halides is 6. The minimum Gasteiger partial charge on any atom is -0.366 e. The molecule has 0 aliphatic carbocycles. The van der Waals surface area contributed by atoms with Crippen LogP contribution in [0.5, 0.6) is 0 Å². The van der Waals surface area contributed by atoms with Crippen LogP contribution in [0.3, 0.4) is 0 Å². The molecule has 22 heavy (non-hydrogen) atoms. The minimum absolute atomic E-state index is 0.194. The van der Waals surface area contributed by atoms with Crippen molar-refractivity contribution in [1.82, 2.24) is 15.5 Å². The number of hydrogen-bond donors (Lipinski definition) is 2. The highest BCUT2D eigenvalue weighted by molar-refractivity contribution is 6.67. The molecule has 1 aromatic heterocycles. The lowest BCUT2D eigenvalue weighted by Gasteiger charge is -2.27. The van der Waals surface area contributed by atoms with E-state index in [9.17, 15) is 18.0 Å². The number of carbonyl (C=O) groups is 1. The first kappa shape index (κ1) is 19.2. The molecule has 0 bridgehead atoms. The number of H-pyrrole nitrogens is 1. The molecule has 0 saturated heterocycles. The molecule has 2 N–H and O–H groups in total. The third-order valence-electron chi connectivity index (χ3n) is 2.43. The van der Waals surface area contributed by atoms with Crippen LogP contribution in [0.2, 0.25) is 0 Å². The Morgan fingerprint density at radius 3 is 2.32 bits per heavy atom. The summed E-state index contributed by atoms with van der Waals surface area (Å²) in [7, 11) is 0. The summed E-state index contributed by atoms with van der Waals surface area (Å²) in [5.74, 6) is 0. The standard InChI is InChI=1S/C10H6Cl2F3N3O.CH2Cl2/c11-8(19)6-5(7(18-17-6)10(13,14)15)9(12)3-1-2-4-16-9;2-1-3/h1-4,16H,(H,17,18);1H2. The van der Waals surface area contributed by atoms with Gasteiger partial charge in [-0.15, -0.1) is 23.2 Å². The normalized spacial score (nSPS) is 20.1. The Bertz CT molecular complexity index is 600. The van der Waals surface area contributed by atoms with Gasteiger partial charge in [0.05, 0.1) is 10.9 Å². The van der Waals surface area contributed by atoms with Gasteiger partial charge >= 0.3 is 6.18 Å². The highest BCUT2D eigenvalue weighted by Gasteiger charge is 2.45. The lowest BCUT2D eigenvalue weighted by Crippen LogP contribution is -2.35. The summed E-state index contributed by atoms with van der Waals surface area (Å²) in [6.45, 7) is 0. The van der Waals surface area contributed by atoms with Gasteiger partial charge in [0, 0.05) is 0 Å². The summed E-state index contributed by atoms with van der Waals surface area (Å²) in [6.07, 6.45) is 0.849. The number of nitrogens with one attached hydrogen (secondary N) is 2. The van der Waals surface area contributed by atoms with Crippen molar-refractivity contribution in [3.63, 3.8) is 0 Å². The molecular formula is C11H8Cl4F3N3O. The molecule has 0 saturated carbocycles. The molecule has 1 unspecified atom stereocenters. The molecule has 1 aromatic rings. The third kappa shape index (κ3) is 4.32. The van der Waals surface area contributed by atoms with Gasteiger partial charge in [0.1, 0.15) is 5.69 Å². The highest BCUT2D eigenvalue weighted by atomic mass is 35.5. The fraction of sp³-hybridized carbons (Fsp3) is 0.273. The molecule has 0 spiro atoms. The van der Waals surface area contributed by atoms with Gasteiger partial charge in [0.2, 0.25) is 0 Å². The second-order valence-electron chi connectivity index (χ2n) is 3.77. The van der Waals surface area contributed by atoms with Crippen LogP contribution in [-0.4, -0.2) is 20.8 Å². The van der Waals surface area contributed by atoms with Crippen molar-refractivity contribution in [2.24, 2.45) is 0 Å². The summed E-state index contributed by atoms with van der Waals surface area (Å²) < 4.78 is 38.7. The average molecular weight is 397 g/mol. The van der Waals surface area contributed by atoms with E-state index in [0.717, 1.165) is 0 Å². The topological polar surface area (TPSA) is 57.8 Å². The van der Waals surface area contributed by atoms with E-state index < -0.39 is 33.4 Å². The summed E-state index contributed by atoms with van der Waals surface area (Å²) in [6, 6.07) is 0. The van der Waals surface area contributed by atoms with E-state index in [-0.39, 0.29) is 5.34 Å². The van der Waals surface area contributed by atoms with Crippen LogP contribution in [0.4, 0.5) is 13.2 Å². The maximum atomic E-state index is 12.9. The van der Waals surface area contributed by atoms with Crippen molar-refractivity contribution >= 4 is 51.6 Å². The first-order chi connectivity index (χ1) is 10.2. The molecule has 4 nitrogen and oxygen atoms in total. The van der Waals surface area contributed by atoms with Crippen molar-refractivity contribution in [2.45, 2.75) is 11.2 Å². The number of aromatic amines is 1. The Hall–Kier alpha value is -0.890. The summed E-state index contributed by atoms with van der Waals surface area (Å²) in [5.41, 5.74) is -2.35. The third-order valence-corrected chi connectivity index (χ3v) is 3.03. The predicted molar refractivity (Wildman–Crippen MR) is 79.3 cm³/mol. The molecule has 122 valence electrons. The first-order valence-corrected chi connectivity index (χ1v) is 7.28. The van der Waals surface area contributed by atoms with E-state index in [4.69, 9.17) is 46.4 Å². The smallest absolute Gasteiger partial charge is 0.366 e. The Labute approximate surface area is 143 Å². The summed E-state index contributed by atoms with van der Waals surface area (Å²) in [5, 5.41) is 6.64. The van der Waals surface area contributed by atoms with E-state index >= 15 is 0 Å². The summed E-state index contributed by atoms with van der Waals surface area (Å²) >= 11 is 20.8. The maximum Gasteiger partial charge on any atom is 0.433 e. The Balaban J connectivity index is 0.000000745. The second-order valence-corrected chi connectivity index (χ2v) is 5.52. The van der Waals surface area contributed by atoms with Crippen molar-refractivity contribution in [2.75, 3.05) is 5.34 Å². The minimum atomic E-state index is -4.74. The SMILES string of the molecule is ClCCl.O=C(Cl)c1n[nH]c(C(F)(F)F)c1C1(Cl)C=CC=CN1. The fourth-order valence-corrected chi connectivity index (χ4v) is 2.12. The highest BCUT2D eigenvalue weighted by Crippen LogP contribution is 2.41. The van der Waals surface area contributed by atoms with Crippen molar-refractivity contribution in [3.05, 3.63) is 41.4 Å². The molecular weight excluding hydrogens is 389 g/mol. The van der Waals surface area contributed by atoms with Crippen LogP contribution < -0.4 is 5.32 Å². The van der Waals surface area contributed by atoms with Crippen LogP contribution in [0, 0.1) is 0 Å². The first-order valence-electron chi connectivity index (χ1n) is 5.46. The zero-order valence-corrected chi connectivity index (χ0v) is 13.5. The van der Waals surface area contributed by atoms with Gasteiger partial charge in [-0.1, -0.05) is 17.7 Å². The van der Waals surface area contributed by atoms with Crippen molar-refractivity contribution in [1.29, 1.82) is 0 Å². The number of hydrogen-bond acceptors (Lipinski definition) is 3. The van der Waals surface area contributed by atoms with Crippen molar-refractivity contribution in [3.8, 4) is 0 Å². The molecule has 1 atom stereocenters. The number of allylic oxidation sites excluding steroid dienone is 2. The van der Waals surface area contributed by atoms with E-state index in [1.165, 1.54) is 24.4 Å². The van der Waals surface area contributed by atoms with E-state index in [0.29, 0.717) is 0 Å². The lowest BCUT2D eigenvalue weighted by molar-refractivity contribution is -0.142. The quantitative estimate of drug-likeness (QED) is 0.445. The summed E-state index contributed by atoms with van der Waals surface area (Å²) in [4.78, 5) is 9.43. The second kappa shape index (κ2) is 7.59. The molecule has 0 radical (unpaired) electrons. The van der Waals surface area contributed by atoms with E-state index in [1.807, 2.05) is 0 Å². The monoisotopic (exact) mass is 395 g/mol. The Morgan fingerprint density at radius 2 is 1.91 bits per heavy atom. The molecule has 0 fully saturated rings. The van der Waals surface area contributed by atoms with Crippen molar-refractivity contribution < 1.29 is 18.0 Å². The molecule has 1 aliphatic heterocycles. The predicted octanol–water partition coefficient (Wildman–Crippen LogP) is 4.29. The zero-order chi connectivity index (χ0) is 17.0. The van der Waals surface area contributed by atoms with Crippen LogP contribution in [0.1, 0.15) is 21.7 Å². The molecule has 2 heterocycles. The number of halogens is 7. The number of aromatic nitrogens is 2. The van der Waals surface area contributed by atoms with Crippen LogP contribution >= 0.6 is 46.4 Å². The van der Waals surface area contributed by atoms with E-state index in [1.54, 1.807) is 5.10 Å². The van der Waals surface area contributed by atoms with Gasteiger partial charge in [-0.2, -0.15) is 18.3 Å². The van der Waals surface area contributed by atoms with Gasteiger partial charge in [0.15, 0.2) is 10.7 Å². The number of rotatable bonds is 2. The average Bonchev–Trinajstić information content (AvgIpc) is 2.86. The van der Waals surface area contributed by atoms with Crippen LogP contribution in [0.15, 0.2) is 24.4 Å². The largest absolute Gasteiger partial charge is 0.433 e.